The molecule has 0 amide bonds. The van der Waals surface area contributed by atoms with Crippen molar-refractivity contribution in [2.75, 3.05) is 18.5 Å². The van der Waals surface area contributed by atoms with Crippen molar-refractivity contribution in [3.63, 3.8) is 0 Å². The van der Waals surface area contributed by atoms with E-state index < -0.39 is 0 Å². The first-order valence-electron chi connectivity index (χ1n) is 9.06. The molecule has 2 aromatic rings. The summed E-state index contributed by atoms with van der Waals surface area (Å²) in [5, 5.41) is 22.1. The predicted octanol–water partition coefficient (Wildman–Crippen LogP) is 2.61. The van der Waals surface area contributed by atoms with Crippen LogP contribution in [0.3, 0.4) is 0 Å². The van der Waals surface area contributed by atoms with Crippen LogP contribution in [-0.4, -0.2) is 23.9 Å². The molecule has 2 heterocycles. The second-order valence-corrected chi connectivity index (χ2v) is 7.31. The zero-order valence-corrected chi connectivity index (χ0v) is 15.4. The number of nitrogens with one attached hydrogen (secondary N) is 2. The van der Waals surface area contributed by atoms with Gasteiger partial charge in [0.1, 0.15) is 17.3 Å². The fraction of sp³-hybridized carbons (Fsp3) is 0.429. The summed E-state index contributed by atoms with van der Waals surface area (Å²) in [4.78, 5) is 3.43. The molecular weight excluding hydrogens is 326 g/mol. The van der Waals surface area contributed by atoms with Gasteiger partial charge in [0.15, 0.2) is 0 Å². The van der Waals surface area contributed by atoms with Gasteiger partial charge in [-0.05, 0) is 25.0 Å². The monoisotopic (exact) mass is 352 g/mol. The van der Waals surface area contributed by atoms with Crippen LogP contribution in [0, 0.1) is 11.3 Å². The van der Waals surface area contributed by atoms with Gasteiger partial charge >= 0.3 is 0 Å². The van der Waals surface area contributed by atoms with Gasteiger partial charge in [-0.1, -0.05) is 30.3 Å². The Bertz CT molecular complexity index is 810. The summed E-state index contributed by atoms with van der Waals surface area (Å²) in [6, 6.07) is 12.6. The van der Waals surface area contributed by atoms with Gasteiger partial charge in [0.05, 0.1) is 18.8 Å². The zero-order chi connectivity index (χ0) is 18.6. The smallest absolute Gasteiger partial charge is 0.290 e. The fourth-order valence-corrected chi connectivity index (χ4v) is 3.39. The maximum Gasteiger partial charge on any atom is 0.290 e. The lowest BCUT2D eigenvalue weighted by molar-refractivity contribution is -0.374. The van der Waals surface area contributed by atoms with Gasteiger partial charge in [0, 0.05) is 31.4 Å². The van der Waals surface area contributed by atoms with Gasteiger partial charge in [-0.15, -0.1) is 0 Å². The standard InChI is InChI=1S/C21H25N3O2/c1-21(2)12-16-17(13-22)20(23-9-6-10-25)24-19(18(16)14-26-21)11-15-7-4-3-5-8-15/h3-5,7-8,25H,6,9-12,14H2,1-2H3,(H,23,24)/p+1. The van der Waals surface area contributed by atoms with Crippen LogP contribution in [0.4, 0.5) is 5.82 Å². The summed E-state index contributed by atoms with van der Waals surface area (Å²) in [7, 11) is 0. The highest BCUT2D eigenvalue weighted by Gasteiger charge is 2.33. The number of nitrogens with zero attached hydrogens (tertiary/aromatic N) is 1. The summed E-state index contributed by atoms with van der Waals surface area (Å²) in [6.45, 7) is 5.36. The van der Waals surface area contributed by atoms with Crippen LogP contribution >= 0.6 is 0 Å². The molecule has 1 aliphatic heterocycles. The van der Waals surface area contributed by atoms with E-state index in [1.807, 2.05) is 18.2 Å². The summed E-state index contributed by atoms with van der Waals surface area (Å²) in [6.07, 6.45) is 2.10. The molecule has 5 heteroatoms. The number of aromatic amines is 1. The Hall–Kier alpha value is -2.42. The van der Waals surface area contributed by atoms with Crippen molar-refractivity contribution in [3.05, 3.63) is 58.3 Å². The van der Waals surface area contributed by atoms with E-state index in [1.165, 1.54) is 5.56 Å². The molecule has 0 spiro atoms. The van der Waals surface area contributed by atoms with Crippen LogP contribution in [0.5, 0.6) is 0 Å². The second-order valence-electron chi connectivity index (χ2n) is 7.31. The summed E-state index contributed by atoms with van der Waals surface area (Å²) < 4.78 is 6.03. The van der Waals surface area contributed by atoms with Crippen molar-refractivity contribution in [1.82, 2.24) is 0 Å². The molecule has 0 radical (unpaired) electrons. The number of pyridine rings is 1. The molecule has 136 valence electrons. The lowest BCUT2D eigenvalue weighted by atomic mass is 9.87. The van der Waals surface area contributed by atoms with Gasteiger partial charge in [-0.25, -0.2) is 4.98 Å². The first-order chi connectivity index (χ1) is 12.5. The number of aliphatic hydroxyl groups excluding tert-OH is 1. The van der Waals surface area contributed by atoms with Crippen LogP contribution in [0.15, 0.2) is 30.3 Å². The molecule has 1 aromatic heterocycles. The molecule has 0 unspecified atom stereocenters. The number of aromatic nitrogens is 1. The maximum atomic E-state index is 9.78. The number of fused-ring (bicyclic) bond motifs is 1. The Morgan fingerprint density at radius 1 is 1.27 bits per heavy atom. The number of rotatable bonds is 6. The first kappa shape index (κ1) is 18.4. The highest BCUT2D eigenvalue weighted by atomic mass is 16.5. The van der Waals surface area contributed by atoms with E-state index in [4.69, 9.17) is 9.84 Å². The van der Waals surface area contributed by atoms with E-state index in [1.54, 1.807) is 0 Å². The van der Waals surface area contributed by atoms with E-state index >= 15 is 0 Å². The quantitative estimate of drug-likeness (QED) is 0.783. The molecule has 0 aliphatic carbocycles. The first-order valence-corrected chi connectivity index (χ1v) is 9.06. The molecular formula is C21H26N3O2+. The molecule has 5 nitrogen and oxygen atoms in total. The zero-order valence-electron chi connectivity index (χ0n) is 15.4. The molecule has 0 saturated heterocycles. The molecule has 1 aliphatic rings. The third kappa shape index (κ3) is 4.04. The minimum absolute atomic E-state index is 0.123. The van der Waals surface area contributed by atoms with E-state index in [2.05, 4.69) is 42.4 Å². The molecule has 0 fully saturated rings. The molecule has 3 N–H and O–H groups in total. The van der Waals surface area contributed by atoms with Crippen molar-refractivity contribution in [3.8, 4) is 6.07 Å². The predicted molar refractivity (Wildman–Crippen MR) is 99.7 cm³/mol. The highest BCUT2D eigenvalue weighted by Crippen LogP contribution is 2.33. The normalized spacial score (nSPS) is 15.2. The average Bonchev–Trinajstić information content (AvgIpc) is 2.62. The number of H-pyrrole nitrogens is 1. The SMILES string of the molecule is CC1(C)Cc2c(C#N)c(NCCCO)[nH+]c(Cc3ccccc3)c2CO1. The van der Waals surface area contributed by atoms with Crippen LogP contribution in [0.1, 0.15) is 48.2 Å². The topological polar surface area (TPSA) is 79.4 Å². The van der Waals surface area contributed by atoms with E-state index in [-0.39, 0.29) is 12.2 Å². The Morgan fingerprint density at radius 2 is 2.04 bits per heavy atom. The van der Waals surface area contributed by atoms with Crippen molar-refractivity contribution < 1.29 is 14.8 Å². The summed E-state index contributed by atoms with van der Waals surface area (Å²) in [5.41, 5.74) is 4.82. The number of nitriles is 1. The van der Waals surface area contributed by atoms with E-state index in [0.717, 1.165) is 29.1 Å². The van der Waals surface area contributed by atoms with E-state index in [9.17, 15) is 5.26 Å². The van der Waals surface area contributed by atoms with Crippen molar-refractivity contribution in [2.24, 2.45) is 0 Å². The number of ether oxygens (including phenoxy) is 1. The molecule has 26 heavy (non-hydrogen) atoms. The third-order valence-corrected chi connectivity index (χ3v) is 4.74. The van der Waals surface area contributed by atoms with Crippen LogP contribution in [0.25, 0.3) is 0 Å². The Kier molecular flexibility index (Phi) is 5.55. The largest absolute Gasteiger partial charge is 0.396 e. The number of hydrogen-bond donors (Lipinski definition) is 2. The number of anilines is 1. The minimum Gasteiger partial charge on any atom is -0.396 e. The molecule has 0 saturated carbocycles. The molecule has 0 atom stereocenters. The van der Waals surface area contributed by atoms with Crippen LogP contribution < -0.4 is 10.3 Å². The van der Waals surface area contributed by atoms with Gasteiger partial charge in [-0.2, -0.15) is 5.26 Å². The average molecular weight is 352 g/mol. The number of benzene rings is 1. The van der Waals surface area contributed by atoms with Crippen LogP contribution in [0.2, 0.25) is 0 Å². The number of hydrogen-bond acceptors (Lipinski definition) is 4. The van der Waals surface area contributed by atoms with Crippen molar-refractivity contribution in [2.45, 2.75) is 45.3 Å². The minimum atomic E-state index is -0.285. The van der Waals surface area contributed by atoms with E-state index in [0.29, 0.717) is 31.6 Å². The summed E-state index contributed by atoms with van der Waals surface area (Å²) >= 11 is 0. The van der Waals surface area contributed by atoms with Crippen LogP contribution in [-0.2, 0) is 24.2 Å². The lowest BCUT2D eigenvalue weighted by Crippen LogP contribution is -2.36. The highest BCUT2D eigenvalue weighted by molar-refractivity contribution is 5.57. The van der Waals surface area contributed by atoms with Crippen molar-refractivity contribution in [1.29, 1.82) is 5.26 Å². The van der Waals surface area contributed by atoms with Gasteiger partial charge < -0.3 is 9.84 Å². The second kappa shape index (κ2) is 7.86. The molecule has 1 aromatic carbocycles. The Labute approximate surface area is 154 Å². The van der Waals surface area contributed by atoms with Crippen molar-refractivity contribution >= 4 is 5.82 Å². The lowest BCUT2D eigenvalue weighted by Gasteiger charge is -2.32. The fourth-order valence-electron chi connectivity index (χ4n) is 3.39. The Morgan fingerprint density at radius 3 is 2.73 bits per heavy atom. The van der Waals surface area contributed by atoms with Gasteiger partial charge in [-0.3, -0.25) is 5.32 Å². The number of aliphatic hydroxyl groups is 1. The Balaban J connectivity index is 2.05. The maximum absolute atomic E-state index is 9.78. The van der Waals surface area contributed by atoms with Gasteiger partial charge in [0.2, 0.25) is 0 Å². The summed E-state index contributed by atoms with van der Waals surface area (Å²) in [5.74, 6) is 0.739. The molecule has 3 rings (SSSR count). The van der Waals surface area contributed by atoms with Gasteiger partial charge in [0.25, 0.3) is 5.82 Å². The third-order valence-electron chi connectivity index (χ3n) is 4.74. The molecule has 0 bridgehead atoms.